The lowest BCUT2D eigenvalue weighted by Crippen LogP contribution is -2.49. The number of nitrogens with one attached hydrogen (secondary N) is 2. The van der Waals surface area contributed by atoms with Crippen molar-refractivity contribution in [3.63, 3.8) is 0 Å². The average Bonchev–Trinajstić information content (AvgIpc) is 3.07. The van der Waals surface area contributed by atoms with E-state index in [0.717, 1.165) is 0 Å². The summed E-state index contributed by atoms with van der Waals surface area (Å²) in [6, 6.07) is 12.0. The minimum atomic E-state index is -1.24. The minimum Gasteiger partial charge on any atom is -0.479 e. The number of aryl methyl sites for hydroxylation is 1. The molecule has 3 N–H and O–H groups in total. The fraction of sp³-hybridized carbons (Fsp3) is 0.292. The van der Waals surface area contributed by atoms with Gasteiger partial charge in [-0.05, 0) is 42.2 Å². The van der Waals surface area contributed by atoms with Crippen LogP contribution in [-0.4, -0.2) is 33.5 Å². The molecule has 1 heterocycles. The van der Waals surface area contributed by atoms with Gasteiger partial charge in [0.05, 0.1) is 0 Å². The topological polar surface area (TPSA) is 100 Å². The summed E-state index contributed by atoms with van der Waals surface area (Å²) in [5, 5.41) is 15.4. The number of rotatable bonds is 8. The molecule has 0 bridgehead atoms. The van der Waals surface area contributed by atoms with Gasteiger partial charge in [0.15, 0.2) is 6.04 Å². The fourth-order valence-corrected chi connectivity index (χ4v) is 3.65. The predicted molar refractivity (Wildman–Crippen MR) is 119 cm³/mol. The molecule has 7 nitrogen and oxygen atoms in total. The number of carbonyl (C=O) groups is 3. The lowest BCUT2D eigenvalue weighted by molar-refractivity contribution is -0.142. The highest BCUT2D eigenvalue weighted by Gasteiger charge is 2.29. The first-order valence-corrected chi connectivity index (χ1v) is 10.3. The van der Waals surface area contributed by atoms with Crippen LogP contribution in [-0.2, 0) is 16.6 Å². The van der Waals surface area contributed by atoms with Crippen molar-refractivity contribution >= 4 is 28.7 Å². The van der Waals surface area contributed by atoms with Gasteiger partial charge in [-0.1, -0.05) is 44.2 Å². The predicted octanol–water partition coefficient (Wildman–Crippen LogP) is 3.40. The molecule has 1 aromatic heterocycles. The Morgan fingerprint density at radius 2 is 1.72 bits per heavy atom. The van der Waals surface area contributed by atoms with Crippen molar-refractivity contribution in [2.45, 2.75) is 32.4 Å². The number of benzene rings is 2. The molecule has 0 aliphatic heterocycles. The van der Waals surface area contributed by atoms with Crippen LogP contribution in [0.3, 0.4) is 0 Å². The summed E-state index contributed by atoms with van der Waals surface area (Å²) >= 11 is 0. The van der Waals surface area contributed by atoms with E-state index in [1.54, 1.807) is 54.1 Å². The van der Waals surface area contributed by atoms with Crippen molar-refractivity contribution in [1.29, 1.82) is 0 Å². The second kappa shape index (κ2) is 9.64. The number of hydrogen-bond donors (Lipinski definition) is 3. The molecular weight excluding hydrogens is 413 g/mol. The Morgan fingerprint density at radius 3 is 2.34 bits per heavy atom. The van der Waals surface area contributed by atoms with Crippen LogP contribution >= 0.6 is 0 Å². The first kappa shape index (κ1) is 23.0. The second-order valence-corrected chi connectivity index (χ2v) is 8.14. The molecule has 0 fully saturated rings. The Hall–Kier alpha value is -3.68. The van der Waals surface area contributed by atoms with Gasteiger partial charge in [-0.2, -0.15) is 0 Å². The molecule has 0 aliphatic carbocycles. The molecule has 0 saturated carbocycles. The summed E-state index contributed by atoms with van der Waals surface area (Å²) in [4.78, 5) is 37.7. The first-order chi connectivity index (χ1) is 15.2. The van der Waals surface area contributed by atoms with Gasteiger partial charge in [0, 0.05) is 18.0 Å². The van der Waals surface area contributed by atoms with E-state index in [9.17, 15) is 23.9 Å². The number of fused-ring (bicyclic) bond motifs is 1. The van der Waals surface area contributed by atoms with E-state index in [1.807, 2.05) is 13.8 Å². The van der Waals surface area contributed by atoms with Crippen molar-refractivity contribution in [2.75, 3.05) is 0 Å². The third-order valence-electron chi connectivity index (χ3n) is 5.23. The SMILES string of the molecule is CC(C)CC(NC(=O)c1cc2cc(F)ccc2n1C)C(=O)NC(C(=O)O)c1ccccc1. The molecule has 0 aliphatic rings. The van der Waals surface area contributed by atoms with Crippen LogP contribution in [0.2, 0.25) is 0 Å². The van der Waals surface area contributed by atoms with Crippen molar-refractivity contribution in [3.8, 4) is 0 Å². The van der Waals surface area contributed by atoms with E-state index in [1.165, 1.54) is 12.1 Å². The highest BCUT2D eigenvalue weighted by Crippen LogP contribution is 2.20. The van der Waals surface area contributed by atoms with Gasteiger partial charge >= 0.3 is 5.97 Å². The number of nitrogens with zero attached hydrogens (tertiary/aromatic N) is 1. The number of aliphatic carboxylic acids is 1. The summed E-state index contributed by atoms with van der Waals surface area (Å²) in [5.74, 6) is -2.64. The van der Waals surface area contributed by atoms with Gasteiger partial charge in [-0.3, -0.25) is 9.59 Å². The number of hydrogen-bond acceptors (Lipinski definition) is 3. The number of halogens is 1. The zero-order chi connectivity index (χ0) is 23.4. The summed E-state index contributed by atoms with van der Waals surface area (Å²) in [6.07, 6.45) is 0.317. The fourth-order valence-electron chi connectivity index (χ4n) is 3.65. The van der Waals surface area contributed by atoms with Gasteiger partial charge in [0.1, 0.15) is 17.6 Å². The Morgan fingerprint density at radius 1 is 1.03 bits per heavy atom. The number of amides is 2. The molecule has 32 heavy (non-hydrogen) atoms. The quantitative estimate of drug-likeness (QED) is 0.501. The van der Waals surface area contributed by atoms with Crippen LogP contribution < -0.4 is 10.6 Å². The van der Waals surface area contributed by atoms with Crippen molar-refractivity contribution < 1.29 is 23.9 Å². The van der Waals surface area contributed by atoms with E-state index in [4.69, 9.17) is 0 Å². The maximum atomic E-state index is 13.6. The van der Waals surface area contributed by atoms with Gasteiger partial charge in [0.25, 0.3) is 5.91 Å². The molecule has 0 saturated heterocycles. The maximum Gasteiger partial charge on any atom is 0.330 e. The van der Waals surface area contributed by atoms with E-state index >= 15 is 0 Å². The standard InChI is InChI=1S/C24H26FN3O4/c1-14(2)11-18(22(29)27-21(24(31)32)15-7-5-4-6-8-15)26-23(30)20-13-16-12-17(25)9-10-19(16)28(20)3/h4-10,12-14,18,21H,11H2,1-3H3,(H,26,30)(H,27,29)(H,31,32). The number of carboxylic acid groups (broad SMARTS) is 1. The van der Waals surface area contributed by atoms with Crippen LogP contribution in [0.5, 0.6) is 0 Å². The van der Waals surface area contributed by atoms with E-state index < -0.39 is 35.7 Å². The Bertz CT molecular complexity index is 1140. The third kappa shape index (κ3) is 5.14. The molecule has 8 heteroatoms. The van der Waals surface area contributed by atoms with Gasteiger partial charge in [-0.15, -0.1) is 0 Å². The van der Waals surface area contributed by atoms with Crippen molar-refractivity contribution in [3.05, 3.63) is 71.7 Å². The van der Waals surface area contributed by atoms with Crippen molar-refractivity contribution in [1.82, 2.24) is 15.2 Å². The second-order valence-electron chi connectivity index (χ2n) is 8.14. The summed E-state index contributed by atoms with van der Waals surface area (Å²) in [7, 11) is 1.68. The highest BCUT2D eigenvalue weighted by molar-refractivity contribution is 6.01. The number of aromatic nitrogens is 1. The van der Waals surface area contributed by atoms with Crippen molar-refractivity contribution in [2.24, 2.45) is 13.0 Å². The largest absolute Gasteiger partial charge is 0.479 e. The summed E-state index contributed by atoms with van der Waals surface area (Å²) in [6.45, 7) is 3.80. The highest BCUT2D eigenvalue weighted by atomic mass is 19.1. The van der Waals surface area contributed by atoms with Gasteiger partial charge < -0.3 is 20.3 Å². The normalized spacial score (nSPS) is 13.0. The molecule has 2 atom stereocenters. The minimum absolute atomic E-state index is 0.0626. The van der Waals surface area contributed by atoms with Crippen LogP contribution in [0.4, 0.5) is 4.39 Å². The Labute approximate surface area is 185 Å². The number of carboxylic acids is 1. The monoisotopic (exact) mass is 439 g/mol. The maximum absolute atomic E-state index is 13.6. The average molecular weight is 439 g/mol. The zero-order valence-electron chi connectivity index (χ0n) is 18.1. The molecule has 2 aromatic carbocycles. The smallest absolute Gasteiger partial charge is 0.330 e. The Kier molecular flexibility index (Phi) is 6.92. The summed E-state index contributed by atoms with van der Waals surface area (Å²) < 4.78 is 15.2. The van der Waals surface area contributed by atoms with E-state index in [-0.39, 0.29) is 11.6 Å². The lowest BCUT2D eigenvalue weighted by Gasteiger charge is -2.23. The molecule has 2 unspecified atom stereocenters. The molecule has 0 spiro atoms. The van der Waals surface area contributed by atoms with Crippen LogP contribution in [0.25, 0.3) is 10.9 Å². The van der Waals surface area contributed by atoms with Crippen LogP contribution in [0.15, 0.2) is 54.6 Å². The van der Waals surface area contributed by atoms with Gasteiger partial charge in [0.2, 0.25) is 5.91 Å². The first-order valence-electron chi connectivity index (χ1n) is 10.3. The molecule has 168 valence electrons. The molecular formula is C24H26FN3O4. The molecule has 0 radical (unpaired) electrons. The van der Waals surface area contributed by atoms with Crippen LogP contribution in [0, 0.1) is 11.7 Å². The number of carbonyl (C=O) groups excluding carboxylic acids is 2. The Balaban J connectivity index is 1.83. The zero-order valence-corrected chi connectivity index (χ0v) is 18.1. The third-order valence-corrected chi connectivity index (χ3v) is 5.23. The van der Waals surface area contributed by atoms with E-state index in [2.05, 4.69) is 10.6 Å². The van der Waals surface area contributed by atoms with Gasteiger partial charge in [-0.25, -0.2) is 9.18 Å². The summed E-state index contributed by atoms with van der Waals surface area (Å²) in [5.41, 5.74) is 1.38. The van der Waals surface area contributed by atoms with E-state index in [0.29, 0.717) is 22.9 Å². The molecule has 3 aromatic rings. The molecule has 3 rings (SSSR count). The lowest BCUT2D eigenvalue weighted by atomic mass is 10.0. The van der Waals surface area contributed by atoms with Crippen LogP contribution in [0.1, 0.15) is 42.4 Å². The molecule has 2 amide bonds.